The molecule has 3 heteroatoms. The number of aromatic nitrogens is 1. The highest BCUT2D eigenvalue weighted by molar-refractivity contribution is 5.93. The Hall–Kier alpha value is -2.16. The Bertz CT molecular complexity index is 544. The molecular formula is C15H14N2O. The first-order valence-electron chi connectivity index (χ1n) is 6.15. The van der Waals surface area contributed by atoms with Gasteiger partial charge in [-0.15, -0.1) is 0 Å². The summed E-state index contributed by atoms with van der Waals surface area (Å²) in [6.07, 6.45) is 3.81. The number of benzene rings is 1. The van der Waals surface area contributed by atoms with Crippen LogP contribution >= 0.6 is 0 Å². The topological polar surface area (TPSA) is 42.0 Å². The van der Waals surface area contributed by atoms with Crippen LogP contribution in [0.4, 0.5) is 5.82 Å². The highest BCUT2D eigenvalue weighted by Crippen LogP contribution is 2.30. The molecule has 1 amide bonds. The van der Waals surface area contributed by atoms with E-state index in [4.69, 9.17) is 0 Å². The van der Waals surface area contributed by atoms with Crippen LogP contribution in [0.3, 0.4) is 0 Å². The van der Waals surface area contributed by atoms with Crippen LogP contribution in [0.1, 0.15) is 12.8 Å². The Kier molecular flexibility index (Phi) is 2.81. The molecule has 90 valence electrons. The summed E-state index contributed by atoms with van der Waals surface area (Å²) in [6.45, 7) is 0. The molecule has 1 fully saturated rings. The Morgan fingerprint density at radius 2 is 1.83 bits per heavy atom. The fraction of sp³-hybridized carbons (Fsp3) is 0.200. The van der Waals surface area contributed by atoms with Gasteiger partial charge in [0.2, 0.25) is 5.91 Å². The van der Waals surface area contributed by atoms with E-state index >= 15 is 0 Å². The van der Waals surface area contributed by atoms with Crippen molar-refractivity contribution in [2.45, 2.75) is 12.8 Å². The summed E-state index contributed by atoms with van der Waals surface area (Å²) in [5.41, 5.74) is 2.19. The number of hydrogen-bond acceptors (Lipinski definition) is 2. The van der Waals surface area contributed by atoms with Gasteiger partial charge in [-0.25, -0.2) is 4.98 Å². The molecule has 3 nitrogen and oxygen atoms in total. The molecule has 1 N–H and O–H groups in total. The first kappa shape index (κ1) is 11.0. The van der Waals surface area contributed by atoms with Gasteiger partial charge in [-0.05, 0) is 30.5 Å². The van der Waals surface area contributed by atoms with Crippen molar-refractivity contribution in [2.75, 3.05) is 5.32 Å². The van der Waals surface area contributed by atoms with E-state index in [-0.39, 0.29) is 11.8 Å². The number of carbonyl (C=O) groups is 1. The Balaban J connectivity index is 1.74. The molecule has 0 radical (unpaired) electrons. The zero-order chi connectivity index (χ0) is 12.4. The van der Waals surface area contributed by atoms with E-state index in [1.807, 2.05) is 42.5 Å². The smallest absolute Gasteiger partial charge is 0.228 e. The van der Waals surface area contributed by atoms with Crippen molar-refractivity contribution < 1.29 is 4.79 Å². The average Bonchev–Trinajstić information content (AvgIpc) is 3.25. The maximum Gasteiger partial charge on any atom is 0.228 e. The molecule has 2 aromatic rings. The molecule has 1 saturated carbocycles. The minimum Gasteiger partial charge on any atom is -0.310 e. The van der Waals surface area contributed by atoms with Crippen molar-refractivity contribution in [3.63, 3.8) is 0 Å². The quantitative estimate of drug-likeness (QED) is 0.892. The van der Waals surface area contributed by atoms with Crippen molar-refractivity contribution >= 4 is 11.7 Å². The molecule has 1 heterocycles. The lowest BCUT2D eigenvalue weighted by atomic mass is 10.1. The zero-order valence-corrected chi connectivity index (χ0v) is 9.97. The molecule has 0 bridgehead atoms. The van der Waals surface area contributed by atoms with E-state index in [0.29, 0.717) is 5.82 Å². The van der Waals surface area contributed by atoms with E-state index < -0.39 is 0 Å². The van der Waals surface area contributed by atoms with Crippen molar-refractivity contribution in [2.24, 2.45) is 5.92 Å². The molecule has 0 aliphatic heterocycles. The number of nitrogens with zero attached hydrogens (tertiary/aromatic N) is 1. The van der Waals surface area contributed by atoms with Gasteiger partial charge in [0.1, 0.15) is 5.82 Å². The monoisotopic (exact) mass is 238 g/mol. The number of hydrogen-bond donors (Lipinski definition) is 1. The molecule has 1 aliphatic carbocycles. The third kappa shape index (κ3) is 2.40. The van der Waals surface area contributed by atoms with Crippen LogP contribution in [0.15, 0.2) is 48.7 Å². The van der Waals surface area contributed by atoms with E-state index in [1.54, 1.807) is 6.20 Å². The fourth-order valence-electron chi connectivity index (χ4n) is 1.84. The molecule has 0 atom stereocenters. The largest absolute Gasteiger partial charge is 0.310 e. The second-order valence-electron chi connectivity index (χ2n) is 4.56. The molecule has 1 aliphatic rings. The SMILES string of the molecule is O=C(Nc1ccc(-c2ccccc2)cn1)C1CC1. The first-order chi connectivity index (χ1) is 8.83. The van der Waals surface area contributed by atoms with Crippen LogP contribution < -0.4 is 5.32 Å². The second-order valence-corrected chi connectivity index (χ2v) is 4.56. The van der Waals surface area contributed by atoms with Gasteiger partial charge in [-0.3, -0.25) is 4.79 Å². The molecular weight excluding hydrogens is 224 g/mol. The standard InChI is InChI=1S/C15H14N2O/c18-15(12-6-7-12)17-14-9-8-13(10-16-14)11-4-2-1-3-5-11/h1-5,8-10,12H,6-7H2,(H,16,17,18). The van der Waals surface area contributed by atoms with E-state index in [0.717, 1.165) is 24.0 Å². The number of amides is 1. The van der Waals surface area contributed by atoms with Crippen molar-refractivity contribution in [1.29, 1.82) is 0 Å². The third-order valence-electron chi connectivity index (χ3n) is 3.07. The number of nitrogens with one attached hydrogen (secondary N) is 1. The fourth-order valence-corrected chi connectivity index (χ4v) is 1.84. The summed E-state index contributed by atoms with van der Waals surface area (Å²) >= 11 is 0. The van der Waals surface area contributed by atoms with Crippen LogP contribution in [0.5, 0.6) is 0 Å². The summed E-state index contributed by atoms with van der Waals surface area (Å²) in [7, 11) is 0. The minimum atomic E-state index is 0.0926. The summed E-state index contributed by atoms with van der Waals surface area (Å²) in [5.74, 6) is 0.933. The third-order valence-corrected chi connectivity index (χ3v) is 3.07. The number of pyridine rings is 1. The van der Waals surface area contributed by atoms with Crippen molar-refractivity contribution in [3.05, 3.63) is 48.7 Å². The summed E-state index contributed by atoms with van der Waals surface area (Å²) in [4.78, 5) is 15.9. The average molecular weight is 238 g/mol. The van der Waals surface area contributed by atoms with Crippen molar-refractivity contribution in [1.82, 2.24) is 4.98 Å². The number of rotatable bonds is 3. The van der Waals surface area contributed by atoms with E-state index in [9.17, 15) is 4.79 Å². The maximum absolute atomic E-state index is 11.6. The molecule has 18 heavy (non-hydrogen) atoms. The molecule has 0 saturated heterocycles. The highest BCUT2D eigenvalue weighted by atomic mass is 16.2. The molecule has 1 aromatic carbocycles. The molecule has 3 rings (SSSR count). The van der Waals surface area contributed by atoms with E-state index in [1.165, 1.54) is 0 Å². The van der Waals surface area contributed by atoms with Gasteiger partial charge in [0, 0.05) is 17.7 Å². The summed E-state index contributed by atoms with van der Waals surface area (Å²) in [5, 5.41) is 2.83. The Morgan fingerprint density at radius 3 is 2.44 bits per heavy atom. The van der Waals surface area contributed by atoms with Gasteiger partial charge in [0.25, 0.3) is 0 Å². The normalized spacial score (nSPS) is 14.2. The van der Waals surface area contributed by atoms with Crippen LogP contribution in [0.2, 0.25) is 0 Å². The lowest BCUT2D eigenvalue weighted by molar-refractivity contribution is -0.117. The van der Waals surface area contributed by atoms with Gasteiger partial charge in [0.15, 0.2) is 0 Å². The van der Waals surface area contributed by atoms with Gasteiger partial charge in [-0.1, -0.05) is 30.3 Å². The first-order valence-corrected chi connectivity index (χ1v) is 6.15. The van der Waals surface area contributed by atoms with Gasteiger partial charge < -0.3 is 5.32 Å². The van der Waals surface area contributed by atoms with E-state index in [2.05, 4.69) is 10.3 Å². The van der Waals surface area contributed by atoms with Crippen LogP contribution in [0, 0.1) is 5.92 Å². The maximum atomic E-state index is 11.6. The lowest BCUT2D eigenvalue weighted by Crippen LogP contribution is -2.14. The number of anilines is 1. The van der Waals surface area contributed by atoms with Crippen LogP contribution in [-0.2, 0) is 4.79 Å². The second kappa shape index (κ2) is 4.61. The van der Waals surface area contributed by atoms with Gasteiger partial charge >= 0.3 is 0 Å². The Morgan fingerprint density at radius 1 is 1.06 bits per heavy atom. The predicted molar refractivity (Wildman–Crippen MR) is 71.0 cm³/mol. The number of carbonyl (C=O) groups excluding carboxylic acids is 1. The Labute approximate surface area is 106 Å². The van der Waals surface area contributed by atoms with Gasteiger partial charge in [0.05, 0.1) is 0 Å². The van der Waals surface area contributed by atoms with Crippen LogP contribution in [-0.4, -0.2) is 10.9 Å². The van der Waals surface area contributed by atoms with Crippen LogP contribution in [0.25, 0.3) is 11.1 Å². The summed E-state index contributed by atoms with van der Waals surface area (Å²) < 4.78 is 0. The van der Waals surface area contributed by atoms with Gasteiger partial charge in [-0.2, -0.15) is 0 Å². The highest BCUT2D eigenvalue weighted by Gasteiger charge is 2.29. The molecule has 0 unspecified atom stereocenters. The molecule has 1 aromatic heterocycles. The summed E-state index contributed by atoms with van der Waals surface area (Å²) in [6, 6.07) is 13.9. The lowest BCUT2D eigenvalue weighted by Gasteiger charge is -2.05. The van der Waals surface area contributed by atoms with Crippen molar-refractivity contribution in [3.8, 4) is 11.1 Å². The molecule has 0 spiro atoms. The predicted octanol–water partition coefficient (Wildman–Crippen LogP) is 3.10. The zero-order valence-electron chi connectivity index (χ0n) is 9.97. The minimum absolute atomic E-state index is 0.0926.